The number of halogens is 1. The number of aromatic nitrogens is 1. The van der Waals surface area contributed by atoms with Crippen LogP contribution in [0.2, 0.25) is 0 Å². The van der Waals surface area contributed by atoms with Gasteiger partial charge in [-0.05, 0) is 24.1 Å². The molecule has 4 nitrogen and oxygen atoms in total. The molecule has 108 valence electrons. The lowest BCUT2D eigenvalue weighted by Gasteiger charge is -2.14. The number of hydrogen-bond donors (Lipinski definition) is 2. The average molecular weight is 340 g/mol. The van der Waals surface area contributed by atoms with Gasteiger partial charge in [-0.15, -0.1) is 0 Å². The largest absolute Gasteiger partial charge is 0.491 e. The molecule has 0 spiro atoms. The van der Waals surface area contributed by atoms with Crippen molar-refractivity contribution >= 4 is 26.8 Å². The topological polar surface area (TPSA) is 62.3 Å². The van der Waals surface area contributed by atoms with E-state index in [0.717, 1.165) is 23.8 Å². The van der Waals surface area contributed by atoms with Gasteiger partial charge in [0.1, 0.15) is 5.75 Å². The lowest BCUT2D eigenvalue weighted by atomic mass is 10.0. The van der Waals surface area contributed by atoms with Gasteiger partial charge in [0.05, 0.1) is 18.2 Å². The summed E-state index contributed by atoms with van der Waals surface area (Å²) in [6.45, 7) is 2.71. The predicted molar refractivity (Wildman–Crippen MR) is 83.7 cm³/mol. The van der Waals surface area contributed by atoms with Crippen LogP contribution in [-0.4, -0.2) is 22.0 Å². The van der Waals surface area contributed by atoms with Crippen LogP contribution < -0.4 is 10.3 Å². The standard InChI is InChI=1S/C15H18BrNO3/c1-2-3-8-20-13-6-4-10(12(18)9-16)11-5-7-14(19)17-15(11)13/h4-7,12,18H,2-3,8-9H2,1H3,(H,17,19)/t12-/m0/s1. The maximum absolute atomic E-state index is 11.5. The maximum atomic E-state index is 11.5. The molecule has 0 aliphatic rings. The molecule has 0 amide bonds. The van der Waals surface area contributed by atoms with Crippen LogP contribution in [0.15, 0.2) is 29.1 Å². The van der Waals surface area contributed by atoms with Crippen molar-refractivity contribution in [2.75, 3.05) is 11.9 Å². The molecule has 2 rings (SSSR count). The number of benzene rings is 1. The molecular formula is C15H18BrNO3. The highest BCUT2D eigenvalue weighted by atomic mass is 79.9. The van der Waals surface area contributed by atoms with Gasteiger partial charge in [-0.2, -0.15) is 0 Å². The van der Waals surface area contributed by atoms with E-state index in [9.17, 15) is 9.90 Å². The summed E-state index contributed by atoms with van der Waals surface area (Å²) in [5.41, 5.74) is 1.24. The van der Waals surface area contributed by atoms with Crippen molar-refractivity contribution in [3.05, 3.63) is 40.2 Å². The Bertz CT molecular complexity index is 639. The predicted octanol–water partition coefficient (Wildman–Crippen LogP) is 3.14. The molecule has 2 aromatic rings. The molecule has 0 fully saturated rings. The number of alkyl halides is 1. The summed E-state index contributed by atoms with van der Waals surface area (Å²) in [5, 5.41) is 11.3. The fraction of sp³-hybridized carbons (Fsp3) is 0.400. The van der Waals surface area contributed by atoms with E-state index in [0.29, 0.717) is 23.2 Å². The van der Waals surface area contributed by atoms with Gasteiger partial charge in [-0.3, -0.25) is 4.79 Å². The Kier molecular flexibility index (Phi) is 5.20. The molecule has 20 heavy (non-hydrogen) atoms. The first kappa shape index (κ1) is 15.1. The molecule has 0 aliphatic heterocycles. The zero-order valence-corrected chi connectivity index (χ0v) is 12.9. The molecule has 1 atom stereocenters. The van der Waals surface area contributed by atoms with Crippen LogP contribution >= 0.6 is 15.9 Å². The molecule has 0 aliphatic carbocycles. The van der Waals surface area contributed by atoms with Crippen molar-refractivity contribution < 1.29 is 9.84 Å². The fourth-order valence-electron chi connectivity index (χ4n) is 2.07. The van der Waals surface area contributed by atoms with Crippen molar-refractivity contribution in [3.63, 3.8) is 0 Å². The Balaban J connectivity index is 2.50. The summed E-state index contributed by atoms with van der Waals surface area (Å²) in [6.07, 6.45) is 1.40. The summed E-state index contributed by atoms with van der Waals surface area (Å²) in [5.74, 6) is 0.650. The van der Waals surface area contributed by atoms with Crippen molar-refractivity contribution in [2.24, 2.45) is 0 Å². The highest BCUT2D eigenvalue weighted by Crippen LogP contribution is 2.30. The van der Waals surface area contributed by atoms with E-state index in [1.54, 1.807) is 12.1 Å². The molecular weight excluding hydrogens is 322 g/mol. The number of nitrogens with one attached hydrogen (secondary N) is 1. The van der Waals surface area contributed by atoms with Crippen molar-refractivity contribution in [1.29, 1.82) is 0 Å². The van der Waals surface area contributed by atoms with Gasteiger partial charge in [0.15, 0.2) is 0 Å². The third-order valence-electron chi connectivity index (χ3n) is 3.15. The molecule has 1 aromatic heterocycles. The number of fused-ring (bicyclic) bond motifs is 1. The third kappa shape index (κ3) is 3.22. The number of ether oxygens (including phenoxy) is 1. The minimum absolute atomic E-state index is 0.177. The Morgan fingerprint density at radius 1 is 1.35 bits per heavy atom. The van der Waals surface area contributed by atoms with Gasteiger partial charge in [-0.25, -0.2) is 0 Å². The molecule has 0 saturated heterocycles. The van der Waals surface area contributed by atoms with E-state index in [-0.39, 0.29) is 5.56 Å². The average Bonchev–Trinajstić information content (AvgIpc) is 2.46. The molecule has 0 radical (unpaired) electrons. The van der Waals surface area contributed by atoms with Gasteiger partial charge < -0.3 is 14.8 Å². The van der Waals surface area contributed by atoms with Crippen LogP contribution in [-0.2, 0) is 0 Å². The van der Waals surface area contributed by atoms with Crippen LogP contribution in [0.3, 0.4) is 0 Å². The number of aromatic amines is 1. The van der Waals surface area contributed by atoms with Crippen molar-refractivity contribution in [1.82, 2.24) is 4.98 Å². The van der Waals surface area contributed by atoms with Gasteiger partial charge in [0.2, 0.25) is 5.56 Å². The van der Waals surface area contributed by atoms with Crippen LogP contribution in [0.25, 0.3) is 10.9 Å². The van der Waals surface area contributed by atoms with Gasteiger partial charge in [0.25, 0.3) is 0 Å². The molecule has 0 unspecified atom stereocenters. The van der Waals surface area contributed by atoms with Crippen LogP contribution in [0.1, 0.15) is 31.4 Å². The Morgan fingerprint density at radius 2 is 2.15 bits per heavy atom. The first-order chi connectivity index (χ1) is 9.67. The van der Waals surface area contributed by atoms with Crippen LogP contribution in [0.4, 0.5) is 0 Å². The van der Waals surface area contributed by atoms with Crippen molar-refractivity contribution in [3.8, 4) is 5.75 Å². The number of aliphatic hydroxyl groups is 1. The van der Waals surface area contributed by atoms with Gasteiger partial charge in [0, 0.05) is 16.8 Å². The Labute approximate surface area is 125 Å². The summed E-state index contributed by atoms with van der Waals surface area (Å²) < 4.78 is 5.72. The molecule has 1 aromatic carbocycles. The van der Waals surface area contributed by atoms with Crippen LogP contribution in [0.5, 0.6) is 5.75 Å². The molecule has 5 heteroatoms. The van der Waals surface area contributed by atoms with E-state index in [1.807, 2.05) is 6.07 Å². The second-order valence-corrected chi connectivity index (χ2v) is 5.28. The zero-order valence-electron chi connectivity index (χ0n) is 11.4. The lowest BCUT2D eigenvalue weighted by Crippen LogP contribution is -2.08. The fourth-order valence-corrected chi connectivity index (χ4v) is 2.42. The second-order valence-electron chi connectivity index (χ2n) is 4.64. The highest BCUT2D eigenvalue weighted by Gasteiger charge is 2.13. The van der Waals surface area contributed by atoms with E-state index in [4.69, 9.17) is 4.74 Å². The number of hydrogen-bond acceptors (Lipinski definition) is 3. The minimum Gasteiger partial charge on any atom is -0.491 e. The molecule has 1 heterocycles. The number of H-pyrrole nitrogens is 1. The number of rotatable bonds is 6. The first-order valence-electron chi connectivity index (χ1n) is 6.70. The minimum atomic E-state index is -0.618. The van der Waals surface area contributed by atoms with Gasteiger partial charge in [-0.1, -0.05) is 35.3 Å². The second kappa shape index (κ2) is 6.90. The number of pyridine rings is 1. The highest BCUT2D eigenvalue weighted by molar-refractivity contribution is 9.09. The molecule has 0 saturated carbocycles. The normalized spacial score (nSPS) is 12.6. The monoisotopic (exact) mass is 339 g/mol. The van der Waals surface area contributed by atoms with Crippen LogP contribution in [0, 0.1) is 0 Å². The first-order valence-corrected chi connectivity index (χ1v) is 7.82. The summed E-state index contributed by atoms with van der Waals surface area (Å²) >= 11 is 3.27. The summed E-state index contributed by atoms with van der Waals surface area (Å²) in [7, 11) is 0. The smallest absolute Gasteiger partial charge is 0.248 e. The van der Waals surface area contributed by atoms with E-state index in [2.05, 4.69) is 27.8 Å². The van der Waals surface area contributed by atoms with E-state index in [1.165, 1.54) is 6.07 Å². The van der Waals surface area contributed by atoms with Gasteiger partial charge >= 0.3 is 0 Å². The summed E-state index contributed by atoms with van der Waals surface area (Å²) in [6, 6.07) is 6.83. The lowest BCUT2D eigenvalue weighted by molar-refractivity contribution is 0.207. The number of aliphatic hydroxyl groups excluding tert-OH is 1. The quantitative estimate of drug-likeness (QED) is 0.627. The van der Waals surface area contributed by atoms with Crippen molar-refractivity contribution in [2.45, 2.75) is 25.9 Å². The van der Waals surface area contributed by atoms with E-state index >= 15 is 0 Å². The SMILES string of the molecule is CCCCOc1ccc([C@@H](O)CBr)c2ccc(=O)[nH]c12. The Hall–Kier alpha value is -1.33. The maximum Gasteiger partial charge on any atom is 0.248 e. The number of unbranched alkanes of at least 4 members (excludes halogenated alkanes) is 1. The van der Waals surface area contributed by atoms with E-state index < -0.39 is 6.10 Å². The zero-order chi connectivity index (χ0) is 14.5. The molecule has 0 bridgehead atoms. The summed E-state index contributed by atoms with van der Waals surface area (Å²) in [4.78, 5) is 14.3. The Morgan fingerprint density at radius 3 is 2.85 bits per heavy atom. The third-order valence-corrected chi connectivity index (χ3v) is 3.76. The molecule has 2 N–H and O–H groups in total.